The molecule has 1 unspecified atom stereocenters. The average Bonchev–Trinajstić information content (AvgIpc) is 2.66. The van der Waals surface area contributed by atoms with Crippen LogP contribution in [0.5, 0.6) is 0 Å². The number of benzene rings is 1. The molecule has 0 radical (unpaired) electrons. The van der Waals surface area contributed by atoms with Gasteiger partial charge in [0, 0.05) is 38.5 Å². The fourth-order valence-corrected chi connectivity index (χ4v) is 2.76. The molecule has 0 N–H and O–H groups in total. The van der Waals surface area contributed by atoms with Crippen LogP contribution in [-0.4, -0.2) is 62.3 Å². The topological polar surface area (TPSA) is 59.1 Å². The van der Waals surface area contributed by atoms with E-state index in [0.29, 0.717) is 38.7 Å². The summed E-state index contributed by atoms with van der Waals surface area (Å²) in [5, 5.41) is 0. The Bertz CT molecular complexity index is 613. The van der Waals surface area contributed by atoms with Crippen molar-refractivity contribution in [2.24, 2.45) is 5.92 Å². The molecule has 6 nitrogen and oxygen atoms in total. The number of hydrogen-bond donors (Lipinski definition) is 0. The lowest BCUT2D eigenvalue weighted by atomic mass is 10.1. The molecule has 1 saturated heterocycles. The summed E-state index contributed by atoms with van der Waals surface area (Å²) in [6.45, 7) is 8.40. The first-order valence-electron chi connectivity index (χ1n) is 9.43. The van der Waals surface area contributed by atoms with Crippen molar-refractivity contribution >= 4 is 17.6 Å². The molecule has 2 rings (SSSR count). The van der Waals surface area contributed by atoms with Crippen LogP contribution in [0.2, 0.25) is 0 Å². The summed E-state index contributed by atoms with van der Waals surface area (Å²) in [7, 11) is 0. The Labute approximate surface area is 160 Å². The number of carbonyl (C=O) groups excluding carboxylic acids is 2. The summed E-state index contributed by atoms with van der Waals surface area (Å²) in [5.41, 5.74) is 0.933. The summed E-state index contributed by atoms with van der Waals surface area (Å²) < 4.78 is 23.5. The highest BCUT2D eigenvalue weighted by molar-refractivity contribution is 5.82. The zero-order valence-corrected chi connectivity index (χ0v) is 16.3. The fraction of sp³-hybridized carbons (Fsp3) is 0.600. The molecule has 0 bridgehead atoms. The molecule has 150 valence electrons. The number of piperazine rings is 1. The van der Waals surface area contributed by atoms with Gasteiger partial charge >= 0.3 is 5.97 Å². The number of nitrogens with zero attached hydrogens (tertiary/aromatic N) is 2. The van der Waals surface area contributed by atoms with E-state index in [4.69, 9.17) is 9.47 Å². The molecule has 0 spiro atoms. The number of esters is 1. The molecule has 7 heteroatoms. The van der Waals surface area contributed by atoms with Gasteiger partial charge < -0.3 is 19.3 Å². The quantitative estimate of drug-likeness (QED) is 0.649. The Hall–Kier alpha value is -2.15. The number of amides is 1. The highest BCUT2D eigenvalue weighted by Crippen LogP contribution is 2.17. The second kappa shape index (κ2) is 10.3. The van der Waals surface area contributed by atoms with Gasteiger partial charge in [0.25, 0.3) is 5.91 Å². The summed E-state index contributed by atoms with van der Waals surface area (Å²) in [6, 6.07) is 6.32. The van der Waals surface area contributed by atoms with Crippen molar-refractivity contribution in [1.82, 2.24) is 4.90 Å². The summed E-state index contributed by atoms with van der Waals surface area (Å²) in [4.78, 5) is 27.9. The first kappa shape index (κ1) is 21.2. The molecule has 1 aromatic carbocycles. The third kappa shape index (κ3) is 6.82. The first-order chi connectivity index (χ1) is 12.9. The maximum absolute atomic E-state index is 13.0. The molecule has 1 aliphatic rings. The number of ether oxygens (including phenoxy) is 2. The molecule has 1 heterocycles. The van der Waals surface area contributed by atoms with Crippen molar-refractivity contribution in [2.75, 3.05) is 44.3 Å². The van der Waals surface area contributed by atoms with Crippen LogP contribution in [0.25, 0.3) is 0 Å². The SMILES string of the molecule is CC(C)CCOC(C)C(=O)OCC(=O)N1CCN(c2ccc(F)cc2)CC1. The van der Waals surface area contributed by atoms with Crippen LogP contribution >= 0.6 is 0 Å². The predicted molar refractivity (Wildman–Crippen MR) is 101 cm³/mol. The minimum Gasteiger partial charge on any atom is -0.454 e. The van der Waals surface area contributed by atoms with E-state index in [-0.39, 0.29) is 18.3 Å². The average molecular weight is 380 g/mol. The van der Waals surface area contributed by atoms with Crippen LogP contribution in [0, 0.1) is 11.7 Å². The van der Waals surface area contributed by atoms with Gasteiger partial charge in [0.15, 0.2) is 12.7 Å². The monoisotopic (exact) mass is 380 g/mol. The van der Waals surface area contributed by atoms with Crippen molar-refractivity contribution in [2.45, 2.75) is 33.3 Å². The minimum atomic E-state index is -0.674. The molecule has 1 atom stereocenters. The zero-order valence-electron chi connectivity index (χ0n) is 16.3. The molecule has 1 amide bonds. The van der Waals surface area contributed by atoms with E-state index < -0.39 is 12.1 Å². The van der Waals surface area contributed by atoms with Crippen molar-refractivity contribution < 1.29 is 23.5 Å². The molecule has 0 aliphatic carbocycles. The molecule has 1 aliphatic heterocycles. The van der Waals surface area contributed by atoms with Gasteiger partial charge in [-0.1, -0.05) is 13.8 Å². The van der Waals surface area contributed by atoms with Crippen LogP contribution in [0.1, 0.15) is 27.2 Å². The summed E-state index contributed by atoms with van der Waals surface area (Å²) in [6.07, 6.45) is 0.196. The standard InChI is InChI=1S/C20H29FN2O4/c1-15(2)8-13-26-16(3)20(25)27-14-19(24)23-11-9-22(10-12-23)18-6-4-17(21)5-7-18/h4-7,15-16H,8-14H2,1-3H3. The van der Waals surface area contributed by atoms with Crippen LogP contribution < -0.4 is 4.90 Å². The highest BCUT2D eigenvalue weighted by Gasteiger charge is 2.23. The largest absolute Gasteiger partial charge is 0.454 e. The molecule has 0 saturated carbocycles. The van der Waals surface area contributed by atoms with Gasteiger partial charge in [-0.3, -0.25) is 4.79 Å². The van der Waals surface area contributed by atoms with E-state index in [1.165, 1.54) is 12.1 Å². The first-order valence-corrected chi connectivity index (χ1v) is 9.43. The van der Waals surface area contributed by atoms with Crippen molar-refractivity contribution in [3.63, 3.8) is 0 Å². The van der Waals surface area contributed by atoms with Crippen LogP contribution in [0.4, 0.5) is 10.1 Å². The third-order valence-electron chi connectivity index (χ3n) is 4.56. The Morgan fingerprint density at radius 2 is 1.70 bits per heavy atom. The van der Waals surface area contributed by atoms with Gasteiger partial charge in [0.2, 0.25) is 0 Å². The third-order valence-corrected chi connectivity index (χ3v) is 4.56. The van der Waals surface area contributed by atoms with E-state index in [0.717, 1.165) is 12.1 Å². The zero-order chi connectivity index (χ0) is 19.8. The van der Waals surface area contributed by atoms with Gasteiger partial charge in [-0.05, 0) is 43.5 Å². The second-order valence-corrected chi connectivity index (χ2v) is 7.15. The molecular weight excluding hydrogens is 351 g/mol. The number of anilines is 1. The number of rotatable bonds is 8. The molecule has 1 fully saturated rings. The van der Waals surface area contributed by atoms with Gasteiger partial charge in [0.1, 0.15) is 5.82 Å². The maximum Gasteiger partial charge on any atom is 0.335 e. The Kier molecular flexibility index (Phi) is 8.03. The van der Waals surface area contributed by atoms with E-state index >= 15 is 0 Å². The summed E-state index contributed by atoms with van der Waals surface area (Å²) >= 11 is 0. The molecule has 0 aromatic heterocycles. The van der Waals surface area contributed by atoms with Crippen molar-refractivity contribution in [3.05, 3.63) is 30.1 Å². The van der Waals surface area contributed by atoms with Gasteiger partial charge in [-0.2, -0.15) is 0 Å². The molecule has 27 heavy (non-hydrogen) atoms. The van der Waals surface area contributed by atoms with Gasteiger partial charge in [-0.15, -0.1) is 0 Å². The van der Waals surface area contributed by atoms with Crippen molar-refractivity contribution in [3.8, 4) is 0 Å². The normalized spacial score (nSPS) is 15.7. The number of carbonyl (C=O) groups is 2. The fourth-order valence-electron chi connectivity index (χ4n) is 2.76. The predicted octanol–water partition coefficient (Wildman–Crippen LogP) is 2.47. The maximum atomic E-state index is 13.0. The van der Waals surface area contributed by atoms with Crippen LogP contribution in [-0.2, 0) is 19.1 Å². The lowest BCUT2D eigenvalue weighted by Crippen LogP contribution is -2.50. The lowest BCUT2D eigenvalue weighted by molar-refractivity contribution is -0.161. The summed E-state index contributed by atoms with van der Waals surface area (Å²) in [5.74, 6) is -0.492. The van der Waals surface area contributed by atoms with E-state index in [2.05, 4.69) is 18.7 Å². The van der Waals surface area contributed by atoms with Gasteiger partial charge in [0.05, 0.1) is 0 Å². The van der Waals surface area contributed by atoms with E-state index in [9.17, 15) is 14.0 Å². The van der Waals surface area contributed by atoms with E-state index in [1.807, 2.05) is 0 Å². The number of halogens is 1. The minimum absolute atomic E-state index is 0.212. The van der Waals surface area contributed by atoms with E-state index in [1.54, 1.807) is 24.0 Å². The highest BCUT2D eigenvalue weighted by atomic mass is 19.1. The lowest BCUT2D eigenvalue weighted by Gasteiger charge is -2.36. The Balaban J connectivity index is 1.69. The Morgan fingerprint density at radius 1 is 1.07 bits per heavy atom. The van der Waals surface area contributed by atoms with Crippen molar-refractivity contribution in [1.29, 1.82) is 0 Å². The second-order valence-electron chi connectivity index (χ2n) is 7.15. The van der Waals surface area contributed by atoms with Gasteiger partial charge in [-0.25, -0.2) is 9.18 Å². The Morgan fingerprint density at radius 3 is 2.30 bits per heavy atom. The molecular formula is C20H29FN2O4. The van der Waals surface area contributed by atoms with Crippen LogP contribution in [0.3, 0.4) is 0 Å². The smallest absolute Gasteiger partial charge is 0.335 e. The number of hydrogen-bond acceptors (Lipinski definition) is 5. The van der Waals surface area contributed by atoms with Crippen LogP contribution in [0.15, 0.2) is 24.3 Å². The molecule has 1 aromatic rings.